The van der Waals surface area contributed by atoms with Crippen LogP contribution >= 0.6 is 0 Å². The Labute approximate surface area is 121 Å². The van der Waals surface area contributed by atoms with Crippen molar-refractivity contribution in [1.29, 1.82) is 0 Å². The zero-order valence-electron chi connectivity index (χ0n) is 12.7. The number of nitrogens with zero attached hydrogens (tertiary/aromatic N) is 1. The number of carbonyl (C=O) groups excluding carboxylic acids is 2. The molecule has 0 spiro atoms. The van der Waals surface area contributed by atoms with Crippen molar-refractivity contribution < 1.29 is 9.59 Å². The van der Waals surface area contributed by atoms with E-state index in [2.05, 4.69) is 10.6 Å². The highest BCUT2D eigenvalue weighted by Gasteiger charge is 2.39. The van der Waals surface area contributed by atoms with E-state index in [1.165, 1.54) is 0 Å². The Kier molecular flexibility index (Phi) is 5.02. The third-order valence-corrected chi connectivity index (χ3v) is 4.47. The van der Waals surface area contributed by atoms with Crippen LogP contribution in [0.2, 0.25) is 0 Å². The van der Waals surface area contributed by atoms with Crippen molar-refractivity contribution >= 4 is 11.8 Å². The fraction of sp³-hybridized carbons (Fsp3) is 0.867. The van der Waals surface area contributed by atoms with E-state index in [4.69, 9.17) is 0 Å². The largest absolute Gasteiger partial charge is 0.353 e. The van der Waals surface area contributed by atoms with Crippen LogP contribution in [0.25, 0.3) is 0 Å². The van der Waals surface area contributed by atoms with Crippen LogP contribution in [0.1, 0.15) is 52.4 Å². The van der Waals surface area contributed by atoms with Gasteiger partial charge in [-0.05, 0) is 45.6 Å². The first kappa shape index (κ1) is 15.3. The van der Waals surface area contributed by atoms with E-state index in [1.54, 1.807) is 0 Å². The molecule has 0 bridgehead atoms. The molecule has 0 radical (unpaired) electrons. The van der Waals surface area contributed by atoms with Crippen LogP contribution in [0.5, 0.6) is 0 Å². The van der Waals surface area contributed by atoms with Crippen LogP contribution in [0, 0.1) is 0 Å². The highest BCUT2D eigenvalue weighted by molar-refractivity contribution is 5.86. The maximum absolute atomic E-state index is 12.5. The quantitative estimate of drug-likeness (QED) is 0.809. The van der Waals surface area contributed by atoms with Gasteiger partial charge in [-0.3, -0.25) is 9.59 Å². The fourth-order valence-corrected chi connectivity index (χ4v) is 3.18. The van der Waals surface area contributed by atoms with Gasteiger partial charge in [-0.2, -0.15) is 0 Å². The van der Waals surface area contributed by atoms with Crippen molar-refractivity contribution in [3.8, 4) is 0 Å². The number of hydrogen-bond acceptors (Lipinski definition) is 3. The molecule has 1 atom stereocenters. The van der Waals surface area contributed by atoms with Crippen molar-refractivity contribution in [2.24, 2.45) is 0 Å². The van der Waals surface area contributed by atoms with E-state index in [9.17, 15) is 9.59 Å². The lowest BCUT2D eigenvalue weighted by molar-refractivity contribution is -0.138. The van der Waals surface area contributed by atoms with Gasteiger partial charge < -0.3 is 15.5 Å². The molecule has 0 saturated carbocycles. The van der Waals surface area contributed by atoms with E-state index in [0.717, 1.165) is 51.7 Å². The average Bonchev–Trinajstić information content (AvgIpc) is 2.87. The van der Waals surface area contributed by atoms with E-state index >= 15 is 0 Å². The summed E-state index contributed by atoms with van der Waals surface area (Å²) in [6.45, 7) is 6.47. The Hall–Kier alpha value is -1.10. The summed E-state index contributed by atoms with van der Waals surface area (Å²) in [5.74, 6) is 0.370. The normalized spacial score (nSPS) is 27.6. The lowest BCUT2D eigenvalue weighted by atomic mass is 9.96. The zero-order chi connectivity index (χ0) is 14.6. The van der Waals surface area contributed by atoms with Crippen LogP contribution in [0.4, 0.5) is 0 Å². The van der Waals surface area contributed by atoms with Gasteiger partial charge in [0.2, 0.25) is 11.8 Å². The molecular weight excluding hydrogens is 254 g/mol. The molecule has 2 saturated heterocycles. The number of rotatable bonds is 4. The van der Waals surface area contributed by atoms with Crippen molar-refractivity contribution in [1.82, 2.24) is 15.5 Å². The molecule has 2 N–H and O–H groups in total. The van der Waals surface area contributed by atoms with Gasteiger partial charge in [0.15, 0.2) is 0 Å². The minimum Gasteiger partial charge on any atom is -0.353 e. The lowest BCUT2D eigenvalue weighted by Crippen LogP contribution is -2.56. The third kappa shape index (κ3) is 3.51. The first-order valence-electron chi connectivity index (χ1n) is 7.89. The third-order valence-electron chi connectivity index (χ3n) is 4.47. The van der Waals surface area contributed by atoms with Crippen LogP contribution in [-0.2, 0) is 9.59 Å². The number of amides is 2. The Morgan fingerprint density at radius 2 is 2.05 bits per heavy atom. The number of likely N-dealkylation sites (tertiary alicyclic amines) is 1. The van der Waals surface area contributed by atoms with E-state index in [1.807, 2.05) is 18.7 Å². The second-order valence-electron chi connectivity index (χ2n) is 6.25. The molecule has 2 fully saturated rings. The molecule has 2 amide bonds. The van der Waals surface area contributed by atoms with Gasteiger partial charge in [0, 0.05) is 25.6 Å². The molecule has 2 aliphatic rings. The van der Waals surface area contributed by atoms with Gasteiger partial charge in [0.05, 0.1) is 5.54 Å². The molecule has 0 aliphatic carbocycles. The summed E-state index contributed by atoms with van der Waals surface area (Å²) >= 11 is 0. The molecule has 5 heteroatoms. The molecule has 114 valence electrons. The Morgan fingerprint density at radius 1 is 1.35 bits per heavy atom. The summed E-state index contributed by atoms with van der Waals surface area (Å²) in [7, 11) is 0. The average molecular weight is 281 g/mol. The summed E-state index contributed by atoms with van der Waals surface area (Å²) in [6, 6.07) is 0.238. The zero-order valence-corrected chi connectivity index (χ0v) is 12.7. The van der Waals surface area contributed by atoms with Crippen LogP contribution in [0.3, 0.4) is 0 Å². The Balaban J connectivity index is 1.79. The standard InChI is InChI=1S/C15H27N3O2/c1-3-5-13(19)17-12-6-10-18(11-7-12)14(20)15(2)8-4-9-16-15/h12,16H,3-11H2,1-2H3,(H,17,19). The summed E-state index contributed by atoms with van der Waals surface area (Å²) in [4.78, 5) is 26.1. The minimum absolute atomic E-state index is 0.140. The topological polar surface area (TPSA) is 61.4 Å². The highest BCUT2D eigenvalue weighted by Crippen LogP contribution is 2.23. The van der Waals surface area contributed by atoms with Crippen LogP contribution in [0.15, 0.2) is 0 Å². The first-order valence-corrected chi connectivity index (χ1v) is 7.89. The SMILES string of the molecule is CCCC(=O)NC1CCN(C(=O)C2(C)CCCN2)CC1. The monoisotopic (exact) mass is 281 g/mol. The Morgan fingerprint density at radius 3 is 2.60 bits per heavy atom. The van der Waals surface area contributed by atoms with Crippen molar-refractivity contribution in [3.63, 3.8) is 0 Å². The molecule has 5 nitrogen and oxygen atoms in total. The highest BCUT2D eigenvalue weighted by atomic mass is 16.2. The smallest absolute Gasteiger partial charge is 0.242 e. The van der Waals surface area contributed by atoms with Gasteiger partial charge in [-0.1, -0.05) is 6.92 Å². The van der Waals surface area contributed by atoms with Gasteiger partial charge in [-0.25, -0.2) is 0 Å². The summed E-state index contributed by atoms with van der Waals surface area (Å²) in [5.41, 5.74) is -0.363. The molecule has 0 aromatic carbocycles. The van der Waals surface area contributed by atoms with Gasteiger partial charge in [-0.15, -0.1) is 0 Å². The van der Waals surface area contributed by atoms with E-state index in [0.29, 0.717) is 6.42 Å². The summed E-state index contributed by atoms with van der Waals surface area (Å²) in [6.07, 6.45) is 5.23. The maximum Gasteiger partial charge on any atom is 0.242 e. The van der Waals surface area contributed by atoms with Crippen LogP contribution < -0.4 is 10.6 Å². The van der Waals surface area contributed by atoms with Crippen molar-refractivity contribution in [2.45, 2.75) is 64.0 Å². The molecule has 0 aromatic rings. The van der Waals surface area contributed by atoms with Gasteiger partial charge >= 0.3 is 0 Å². The van der Waals surface area contributed by atoms with Crippen molar-refractivity contribution in [3.05, 3.63) is 0 Å². The summed E-state index contributed by atoms with van der Waals surface area (Å²) in [5, 5.41) is 6.40. The summed E-state index contributed by atoms with van der Waals surface area (Å²) < 4.78 is 0. The maximum atomic E-state index is 12.5. The molecule has 2 aliphatic heterocycles. The van der Waals surface area contributed by atoms with Gasteiger partial charge in [0.1, 0.15) is 0 Å². The fourth-order valence-electron chi connectivity index (χ4n) is 3.18. The number of nitrogens with one attached hydrogen (secondary N) is 2. The van der Waals surface area contributed by atoms with E-state index < -0.39 is 0 Å². The van der Waals surface area contributed by atoms with E-state index in [-0.39, 0.29) is 23.4 Å². The lowest BCUT2D eigenvalue weighted by Gasteiger charge is -2.37. The Bertz CT molecular complexity index is 356. The molecule has 2 rings (SSSR count). The van der Waals surface area contributed by atoms with Gasteiger partial charge in [0.25, 0.3) is 0 Å². The number of hydrogen-bond donors (Lipinski definition) is 2. The predicted octanol–water partition coefficient (Wildman–Crippen LogP) is 1.04. The first-order chi connectivity index (χ1) is 9.55. The second kappa shape index (κ2) is 6.57. The molecule has 2 heterocycles. The molecule has 1 unspecified atom stereocenters. The molecule has 20 heavy (non-hydrogen) atoms. The molecule has 0 aromatic heterocycles. The minimum atomic E-state index is -0.363. The van der Waals surface area contributed by atoms with Crippen molar-refractivity contribution in [2.75, 3.05) is 19.6 Å². The number of piperidine rings is 1. The van der Waals surface area contributed by atoms with Crippen LogP contribution in [-0.4, -0.2) is 47.9 Å². The second-order valence-corrected chi connectivity index (χ2v) is 6.25. The predicted molar refractivity (Wildman–Crippen MR) is 78.3 cm³/mol. The molecular formula is C15H27N3O2. The number of carbonyl (C=O) groups is 2.